The molecule has 1 unspecified atom stereocenters. The molecule has 1 aliphatic carbocycles. The molecular formula is C11H16OS. The van der Waals surface area contributed by atoms with Gasteiger partial charge in [-0.15, -0.1) is 12.6 Å². The van der Waals surface area contributed by atoms with E-state index >= 15 is 0 Å². The maximum Gasteiger partial charge on any atom is 0.189 e. The molecule has 0 radical (unpaired) electrons. The first-order valence-corrected chi connectivity index (χ1v) is 5.09. The molecule has 1 atom stereocenters. The number of carbonyl (C=O) groups is 1. The number of rotatable bonds is 3. The van der Waals surface area contributed by atoms with Crippen molar-refractivity contribution in [2.75, 3.05) is 0 Å². The zero-order valence-corrected chi connectivity index (χ0v) is 8.94. The Balaban J connectivity index is 2.46. The molecule has 1 rings (SSSR count). The summed E-state index contributed by atoms with van der Waals surface area (Å²) in [5, 5.41) is -0.0729. The summed E-state index contributed by atoms with van der Waals surface area (Å²) in [6.07, 6.45) is 6.02. The molecule has 1 aliphatic rings. The smallest absolute Gasteiger partial charge is 0.189 e. The molecule has 0 fully saturated rings. The van der Waals surface area contributed by atoms with E-state index in [0.29, 0.717) is 12.3 Å². The summed E-state index contributed by atoms with van der Waals surface area (Å²) in [6.45, 7) is 6.10. The van der Waals surface area contributed by atoms with E-state index in [1.807, 2.05) is 0 Å². The van der Waals surface area contributed by atoms with Gasteiger partial charge in [0.05, 0.1) is 0 Å². The fraction of sp³-hybridized carbons (Fsp3) is 0.545. The highest BCUT2D eigenvalue weighted by Gasteiger charge is 2.16. The van der Waals surface area contributed by atoms with E-state index in [2.05, 4.69) is 32.2 Å². The fourth-order valence-corrected chi connectivity index (χ4v) is 1.88. The van der Waals surface area contributed by atoms with Crippen molar-refractivity contribution in [2.24, 2.45) is 5.92 Å². The predicted octanol–water partition coefficient (Wildman–Crippen LogP) is 3.14. The van der Waals surface area contributed by atoms with Crippen LogP contribution in [0, 0.1) is 5.92 Å². The maximum absolute atomic E-state index is 10.7. The van der Waals surface area contributed by atoms with Crippen LogP contribution in [0.4, 0.5) is 0 Å². The minimum absolute atomic E-state index is 0.0729. The van der Waals surface area contributed by atoms with Crippen molar-refractivity contribution in [1.29, 1.82) is 0 Å². The van der Waals surface area contributed by atoms with Gasteiger partial charge < -0.3 is 0 Å². The highest BCUT2D eigenvalue weighted by molar-refractivity contribution is 7.96. The number of allylic oxidation sites excluding steroid dienone is 3. The third-order valence-electron chi connectivity index (χ3n) is 2.59. The Labute approximate surface area is 85.3 Å². The van der Waals surface area contributed by atoms with Gasteiger partial charge in [-0.05, 0) is 32.1 Å². The normalized spacial score (nSPS) is 22.3. The summed E-state index contributed by atoms with van der Waals surface area (Å²) in [5.41, 5.74) is 2.50. The van der Waals surface area contributed by atoms with Crippen LogP contribution in [0.3, 0.4) is 0 Å². The Morgan fingerprint density at radius 2 is 2.46 bits per heavy atom. The molecule has 1 nitrogen and oxygen atoms in total. The third kappa shape index (κ3) is 3.39. The Morgan fingerprint density at radius 1 is 1.77 bits per heavy atom. The number of hydrogen-bond acceptors (Lipinski definition) is 1. The van der Waals surface area contributed by atoms with E-state index in [-0.39, 0.29) is 5.12 Å². The largest absolute Gasteiger partial charge is 0.287 e. The van der Waals surface area contributed by atoms with Crippen LogP contribution in [-0.4, -0.2) is 5.12 Å². The van der Waals surface area contributed by atoms with E-state index in [1.54, 1.807) is 0 Å². The molecular weight excluding hydrogens is 180 g/mol. The zero-order chi connectivity index (χ0) is 9.84. The lowest BCUT2D eigenvalue weighted by Gasteiger charge is -2.21. The first-order chi connectivity index (χ1) is 6.09. The topological polar surface area (TPSA) is 17.1 Å². The SMILES string of the molecule is C=C(CC(=O)S)C1CC=C(C)CC1. The third-order valence-corrected chi connectivity index (χ3v) is 2.75. The zero-order valence-electron chi connectivity index (χ0n) is 8.05. The Morgan fingerprint density at radius 3 is 2.92 bits per heavy atom. The van der Waals surface area contributed by atoms with Crippen LogP contribution < -0.4 is 0 Å². The Hall–Kier alpha value is -0.500. The first kappa shape index (κ1) is 10.6. The lowest BCUT2D eigenvalue weighted by atomic mass is 9.84. The lowest BCUT2D eigenvalue weighted by Crippen LogP contribution is -2.08. The van der Waals surface area contributed by atoms with Gasteiger partial charge in [0.1, 0.15) is 0 Å². The van der Waals surface area contributed by atoms with Gasteiger partial charge in [-0.3, -0.25) is 4.79 Å². The number of thiol groups is 1. The van der Waals surface area contributed by atoms with Crippen molar-refractivity contribution < 1.29 is 4.79 Å². The molecule has 0 aromatic heterocycles. The molecule has 0 saturated carbocycles. The molecule has 0 spiro atoms. The summed E-state index contributed by atoms with van der Waals surface area (Å²) < 4.78 is 0. The summed E-state index contributed by atoms with van der Waals surface area (Å²) in [5.74, 6) is 0.500. The van der Waals surface area contributed by atoms with Crippen molar-refractivity contribution in [3.8, 4) is 0 Å². The standard InChI is InChI=1S/C11H16OS/c1-8-3-5-10(6-4-8)9(2)7-11(12)13/h3,10H,2,4-7H2,1H3,(H,12,13). The van der Waals surface area contributed by atoms with Crippen molar-refractivity contribution in [2.45, 2.75) is 32.6 Å². The minimum atomic E-state index is -0.0729. The highest BCUT2D eigenvalue weighted by atomic mass is 32.1. The van der Waals surface area contributed by atoms with Gasteiger partial charge in [-0.2, -0.15) is 0 Å². The lowest BCUT2D eigenvalue weighted by molar-refractivity contribution is -0.110. The molecule has 0 bridgehead atoms. The molecule has 13 heavy (non-hydrogen) atoms. The van der Waals surface area contributed by atoms with Crippen LogP contribution in [0.1, 0.15) is 32.6 Å². The van der Waals surface area contributed by atoms with E-state index in [0.717, 1.165) is 24.8 Å². The fourth-order valence-electron chi connectivity index (χ4n) is 1.67. The van der Waals surface area contributed by atoms with Crippen LogP contribution in [-0.2, 0) is 4.79 Å². The number of carbonyl (C=O) groups excluding carboxylic acids is 1. The molecule has 0 aliphatic heterocycles. The summed E-state index contributed by atoms with van der Waals surface area (Å²) in [4.78, 5) is 10.7. The van der Waals surface area contributed by atoms with Crippen molar-refractivity contribution in [1.82, 2.24) is 0 Å². The maximum atomic E-state index is 10.7. The van der Waals surface area contributed by atoms with E-state index in [1.165, 1.54) is 5.57 Å². The van der Waals surface area contributed by atoms with Gasteiger partial charge >= 0.3 is 0 Å². The van der Waals surface area contributed by atoms with Gasteiger partial charge in [0.2, 0.25) is 0 Å². The van der Waals surface area contributed by atoms with Crippen LogP contribution >= 0.6 is 12.6 Å². The second-order valence-corrected chi connectivity index (χ2v) is 4.25. The molecule has 0 aromatic carbocycles. The van der Waals surface area contributed by atoms with Crippen LogP contribution in [0.5, 0.6) is 0 Å². The van der Waals surface area contributed by atoms with Gasteiger partial charge in [0.15, 0.2) is 5.12 Å². The minimum Gasteiger partial charge on any atom is -0.287 e. The molecule has 0 N–H and O–H groups in total. The average Bonchev–Trinajstić information content (AvgIpc) is 2.04. The van der Waals surface area contributed by atoms with E-state index < -0.39 is 0 Å². The molecule has 0 amide bonds. The van der Waals surface area contributed by atoms with E-state index in [9.17, 15) is 4.79 Å². The number of hydrogen-bond donors (Lipinski definition) is 1. The summed E-state index contributed by atoms with van der Waals surface area (Å²) in [7, 11) is 0. The van der Waals surface area contributed by atoms with Gasteiger partial charge in [0, 0.05) is 6.42 Å². The Bertz CT molecular complexity index is 253. The van der Waals surface area contributed by atoms with Gasteiger partial charge in [-0.25, -0.2) is 0 Å². The molecule has 72 valence electrons. The monoisotopic (exact) mass is 196 g/mol. The molecule has 2 heteroatoms. The van der Waals surface area contributed by atoms with Crippen LogP contribution in [0.2, 0.25) is 0 Å². The van der Waals surface area contributed by atoms with Crippen molar-refractivity contribution in [3.05, 3.63) is 23.8 Å². The predicted molar refractivity (Wildman–Crippen MR) is 58.8 cm³/mol. The first-order valence-electron chi connectivity index (χ1n) is 4.64. The van der Waals surface area contributed by atoms with Gasteiger partial charge in [-0.1, -0.05) is 23.8 Å². The second kappa shape index (κ2) is 4.66. The second-order valence-electron chi connectivity index (χ2n) is 3.75. The average molecular weight is 196 g/mol. The molecule has 0 aromatic rings. The van der Waals surface area contributed by atoms with Crippen molar-refractivity contribution in [3.63, 3.8) is 0 Å². The Kier molecular flexibility index (Phi) is 3.79. The van der Waals surface area contributed by atoms with Crippen LogP contribution in [0.15, 0.2) is 23.8 Å². The van der Waals surface area contributed by atoms with Crippen LogP contribution in [0.25, 0.3) is 0 Å². The van der Waals surface area contributed by atoms with Crippen molar-refractivity contribution >= 4 is 17.7 Å². The summed E-state index contributed by atoms with van der Waals surface area (Å²) >= 11 is 3.76. The summed E-state index contributed by atoms with van der Waals surface area (Å²) in [6, 6.07) is 0. The quantitative estimate of drug-likeness (QED) is 0.542. The molecule has 0 saturated heterocycles. The molecule has 0 heterocycles. The van der Waals surface area contributed by atoms with E-state index in [4.69, 9.17) is 0 Å². The highest BCUT2D eigenvalue weighted by Crippen LogP contribution is 2.29. The van der Waals surface area contributed by atoms with Gasteiger partial charge in [0.25, 0.3) is 0 Å².